The van der Waals surface area contributed by atoms with Crippen LogP contribution >= 0.6 is 15.9 Å². The van der Waals surface area contributed by atoms with Crippen LogP contribution in [0.5, 0.6) is 5.75 Å². The van der Waals surface area contributed by atoms with E-state index >= 15 is 0 Å². The summed E-state index contributed by atoms with van der Waals surface area (Å²) in [6.45, 7) is 1.78. The molecule has 4 nitrogen and oxygen atoms in total. The molecule has 0 aliphatic carbocycles. The Morgan fingerprint density at radius 3 is 2.61 bits per heavy atom. The quantitative estimate of drug-likeness (QED) is 0.647. The third kappa shape index (κ3) is 2.47. The number of fused-ring (bicyclic) bond motifs is 1. The number of rotatable bonds is 3. The summed E-state index contributed by atoms with van der Waals surface area (Å²) >= 11 is 3.39. The van der Waals surface area contributed by atoms with Crippen LogP contribution in [0, 0.1) is 6.92 Å². The number of hydrogen-bond donors (Lipinski definition) is 0. The molecular formula is C18H14BrNO3. The normalized spacial score (nSPS) is 10.7. The highest BCUT2D eigenvalue weighted by atomic mass is 79.9. The first kappa shape index (κ1) is 15.5. The number of benzene rings is 2. The summed E-state index contributed by atoms with van der Waals surface area (Å²) in [6.07, 6.45) is 0.797. The average Bonchev–Trinajstić information content (AvgIpc) is 2.85. The first-order valence-corrected chi connectivity index (χ1v) is 7.81. The summed E-state index contributed by atoms with van der Waals surface area (Å²) in [7, 11) is 1.57. The number of aldehydes is 1. The van der Waals surface area contributed by atoms with Gasteiger partial charge in [0.25, 0.3) is 5.91 Å². The molecule has 3 aromatic rings. The maximum absolute atomic E-state index is 12.9. The van der Waals surface area contributed by atoms with Crippen LogP contribution in [0.25, 0.3) is 10.9 Å². The Morgan fingerprint density at radius 1 is 1.22 bits per heavy atom. The monoisotopic (exact) mass is 371 g/mol. The lowest BCUT2D eigenvalue weighted by atomic mass is 10.1. The van der Waals surface area contributed by atoms with Crippen molar-refractivity contribution >= 4 is 39.0 Å². The number of carbonyl (C=O) groups excluding carboxylic acids is 2. The molecule has 0 bridgehead atoms. The van der Waals surface area contributed by atoms with Crippen molar-refractivity contribution in [2.24, 2.45) is 0 Å². The molecule has 5 heteroatoms. The van der Waals surface area contributed by atoms with Crippen LogP contribution in [0.2, 0.25) is 0 Å². The highest BCUT2D eigenvalue weighted by Gasteiger charge is 2.19. The van der Waals surface area contributed by atoms with Gasteiger partial charge in [0.15, 0.2) is 6.29 Å². The van der Waals surface area contributed by atoms with Crippen LogP contribution in [0.1, 0.15) is 26.4 Å². The number of methoxy groups -OCH3 is 1. The molecule has 23 heavy (non-hydrogen) atoms. The van der Waals surface area contributed by atoms with Gasteiger partial charge < -0.3 is 4.74 Å². The molecule has 1 heterocycles. The van der Waals surface area contributed by atoms with E-state index in [1.54, 1.807) is 36.8 Å². The first-order chi connectivity index (χ1) is 11.1. The third-order valence-corrected chi connectivity index (χ3v) is 4.50. The van der Waals surface area contributed by atoms with E-state index in [1.807, 2.05) is 24.3 Å². The molecule has 2 aromatic carbocycles. The standard InChI is InChI=1S/C18H14BrNO3/c1-11-14(10-21)13-5-3-4-6-16(13)20(11)18(22)12-7-8-17(23-2)15(19)9-12/h3-10H,1-2H3. The predicted molar refractivity (Wildman–Crippen MR) is 92.5 cm³/mol. The van der Waals surface area contributed by atoms with Gasteiger partial charge >= 0.3 is 0 Å². The number of hydrogen-bond acceptors (Lipinski definition) is 3. The van der Waals surface area contributed by atoms with Crippen LogP contribution in [0.4, 0.5) is 0 Å². The summed E-state index contributed by atoms with van der Waals surface area (Å²) < 4.78 is 7.47. The summed E-state index contributed by atoms with van der Waals surface area (Å²) in [5, 5.41) is 0.779. The van der Waals surface area contributed by atoms with Crippen molar-refractivity contribution < 1.29 is 14.3 Å². The number of aromatic nitrogens is 1. The molecule has 0 amide bonds. The van der Waals surface area contributed by atoms with Crippen LogP contribution < -0.4 is 4.74 Å². The van der Waals surface area contributed by atoms with Crippen molar-refractivity contribution in [1.29, 1.82) is 0 Å². The van der Waals surface area contributed by atoms with Crippen molar-refractivity contribution in [1.82, 2.24) is 4.57 Å². The van der Waals surface area contributed by atoms with Crippen LogP contribution in [-0.4, -0.2) is 23.9 Å². The number of halogens is 1. The molecule has 0 spiro atoms. The first-order valence-electron chi connectivity index (χ1n) is 7.02. The second-order valence-corrected chi connectivity index (χ2v) is 5.98. The predicted octanol–water partition coefficient (Wildman–Crippen LogP) is 4.22. The maximum atomic E-state index is 12.9. The van der Waals surface area contributed by atoms with E-state index in [4.69, 9.17) is 4.74 Å². The van der Waals surface area contributed by atoms with E-state index in [-0.39, 0.29) is 5.91 Å². The zero-order chi connectivity index (χ0) is 16.6. The summed E-state index contributed by atoms with van der Waals surface area (Å²) in [5.74, 6) is 0.472. The molecule has 0 aliphatic rings. The molecule has 0 saturated heterocycles. The molecule has 0 saturated carbocycles. The Bertz CT molecular complexity index is 927. The van der Waals surface area contributed by atoms with Gasteiger partial charge in [0.05, 0.1) is 17.1 Å². The van der Waals surface area contributed by atoms with Gasteiger partial charge in [0.2, 0.25) is 0 Å². The lowest BCUT2D eigenvalue weighted by molar-refractivity contribution is 0.0963. The van der Waals surface area contributed by atoms with Crippen molar-refractivity contribution in [2.75, 3.05) is 7.11 Å². The fraction of sp³-hybridized carbons (Fsp3) is 0.111. The SMILES string of the molecule is COc1ccc(C(=O)n2c(C)c(C=O)c3ccccc32)cc1Br. The van der Waals surface area contributed by atoms with Crippen LogP contribution in [0.3, 0.4) is 0 Å². The molecule has 0 unspecified atom stereocenters. The van der Waals surface area contributed by atoms with Gasteiger partial charge in [-0.25, -0.2) is 0 Å². The van der Waals surface area contributed by atoms with Crippen molar-refractivity contribution in [3.63, 3.8) is 0 Å². The van der Waals surface area contributed by atoms with Gasteiger partial charge in [-0.3, -0.25) is 14.2 Å². The second kappa shape index (κ2) is 6.01. The van der Waals surface area contributed by atoms with Crippen LogP contribution in [0.15, 0.2) is 46.9 Å². The average molecular weight is 372 g/mol. The van der Waals surface area contributed by atoms with E-state index in [1.165, 1.54) is 0 Å². The minimum atomic E-state index is -0.185. The molecule has 0 atom stereocenters. The largest absolute Gasteiger partial charge is 0.496 e. The molecular weight excluding hydrogens is 358 g/mol. The molecule has 1 aromatic heterocycles. The summed E-state index contributed by atoms with van der Waals surface area (Å²) in [5.41, 5.74) is 2.42. The van der Waals surface area contributed by atoms with Gasteiger partial charge in [0, 0.05) is 22.2 Å². The number of para-hydroxylation sites is 1. The van der Waals surface area contributed by atoms with Gasteiger partial charge in [-0.15, -0.1) is 0 Å². The van der Waals surface area contributed by atoms with Crippen LogP contribution in [-0.2, 0) is 0 Å². The van der Waals surface area contributed by atoms with Gasteiger partial charge in [-0.1, -0.05) is 18.2 Å². The van der Waals surface area contributed by atoms with Crippen molar-refractivity contribution in [3.05, 3.63) is 63.8 Å². The third-order valence-electron chi connectivity index (χ3n) is 3.88. The molecule has 0 aliphatic heterocycles. The van der Waals surface area contributed by atoms with Crippen molar-refractivity contribution in [2.45, 2.75) is 6.92 Å². The van der Waals surface area contributed by atoms with E-state index < -0.39 is 0 Å². The number of ether oxygens (including phenoxy) is 1. The van der Waals surface area contributed by atoms with E-state index in [0.29, 0.717) is 27.0 Å². The lowest BCUT2D eigenvalue weighted by Crippen LogP contribution is -2.13. The Hall–Kier alpha value is -2.40. The molecule has 116 valence electrons. The zero-order valence-electron chi connectivity index (χ0n) is 12.7. The molecule has 0 N–H and O–H groups in total. The Labute approximate surface area is 141 Å². The lowest BCUT2D eigenvalue weighted by Gasteiger charge is -2.09. The van der Waals surface area contributed by atoms with Gasteiger partial charge in [-0.2, -0.15) is 0 Å². The second-order valence-electron chi connectivity index (χ2n) is 5.12. The number of nitrogens with zero attached hydrogens (tertiary/aromatic N) is 1. The van der Waals surface area contributed by atoms with E-state index in [9.17, 15) is 9.59 Å². The van der Waals surface area contributed by atoms with E-state index in [0.717, 1.165) is 17.2 Å². The minimum Gasteiger partial charge on any atom is -0.496 e. The molecule has 0 fully saturated rings. The molecule has 0 radical (unpaired) electrons. The highest BCUT2D eigenvalue weighted by Crippen LogP contribution is 2.29. The fourth-order valence-electron chi connectivity index (χ4n) is 2.73. The summed E-state index contributed by atoms with van der Waals surface area (Å²) in [6, 6.07) is 12.6. The van der Waals surface area contributed by atoms with Gasteiger partial charge in [-0.05, 0) is 47.1 Å². The Kier molecular flexibility index (Phi) is 4.05. The van der Waals surface area contributed by atoms with Gasteiger partial charge in [0.1, 0.15) is 5.75 Å². The zero-order valence-corrected chi connectivity index (χ0v) is 14.3. The van der Waals surface area contributed by atoms with E-state index in [2.05, 4.69) is 15.9 Å². The van der Waals surface area contributed by atoms with Crippen molar-refractivity contribution in [3.8, 4) is 5.75 Å². The molecule has 3 rings (SSSR count). The number of carbonyl (C=O) groups is 2. The Balaban J connectivity index is 2.20. The topological polar surface area (TPSA) is 48.3 Å². The minimum absolute atomic E-state index is 0.185. The maximum Gasteiger partial charge on any atom is 0.262 e. The fourth-order valence-corrected chi connectivity index (χ4v) is 3.27. The summed E-state index contributed by atoms with van der Waals surface area (Å²) in [4.78, 5) is 24.4. The smallest absolute Gasteiger partial charge is 0.262 e. The highest BCUT2D eigenvalue weighted by molar-refractivity contribution is 9.10. The Morgan fingerprint density at radius 2 is 1.96 bits per heavy atom.